The summed E-state index contributed by atoms with van der Waals surface area (Å²) >= 11 is 0. The maximum Gasteiger partial charge on any atom is 0.329 e. The number of ether oxygens (including phenoxy) is 1. The van der Waals surface area contributed by atoms with Crippen LogP contribution in [0.25, 0.3) is 11.1 Å². The van der Waals surface area contributed by atoms with Crippen LogP contribution in [0.3, 0.4) is 0 Å². The first kappa shape index (κ1) is 28.7. The molecule has 210 valence electrons. The minimum absolute atomic E-state index is 0.167. The minimum Gasteiger partial charge on any atom is -0.497 e. The Kier molecular flexibility index (Phi) is 8.47. The summed E-state index contributed by atoms with van der Waals surface area (Å²) in [6.45, 7) is 7.41. The van der Waals surface area contributed by atoms with E-state index in [4.69, 9.17) is 4.74 Å². The van der Waals surface area contributed by atoms with Crippen LogP contribution in [0.1, 0.15) is 59.7 Å². The summed E-state index contributed by atoms with van der Waals surface area (Å²) in [6.07, 6.45) is 3.35. The van der Waals surface area contributed by atoms with Gasteiger partial charge in [0.1, 0.15) is 11.3 Å². The van der Waals surface area contributed by atoms with Crippen molar-refractivity contribution in [1.29, 1.82) is 0 Å². The Morgan fingerprint density at radius 2 is 1.48 bits per heavy atom. The number of urea groups is 1. The van der Waals surface area contributed by atoms with Gasteiger partial charge in [-0.05, 0) is 93.0 Å². The molecule has 0 aromatic heterocycles. The van der Waals surface area contributed by atoms with E-state index < -0.39 is 23.4 Å². The number of nitrogens with one attached hydrogen (secondary N) is 3. The van der Waals surface area contributed by atoms with E-state index in [-0.39, 0.29) is 17.2 Å². The lowest BCUT2D eigenvalue weighted by Crippen LogP contribution is -2.56. The predicted octanol–water partition coefficient (Wildman–Crippen LogP) is 6.69. The molecular weight excluding hydrogens is 506 g/mol. The van der Waals surface area contributed by atoms with Crippen LogP contribution in [0.2, 0.25) is 0 Å². The first-order chi connectivity index (χ1) is 19.0. The number of amides is 3. The Balaban J connectivity index is 1.68. The van der Waals surface area contributed by atoms with E-state index >= 15 is 0 Å². The van der Waals surface area contributed by atoms with Gasteiger partial charge in [-0.15, -0.1) is 0 Å². The average Bonchev–Trinajstić information content (AvgIpc) is 3.46. The maximum absolute atomic E-state index is 13.6. The number of aliphatic carboxylic acids is 1. The smallest absolute Gasteiger partial charge is 0.329 e. The van der Waals surface area contributed by atoms with E-state index in [2.05, 4.69) is 16.0 Å². The zero-order valence-corrected chi connectivity index (χ0v) is 23.7. The third-order valence-corrected chi connectivity index (χ3v) is 7.84. The van der Waals surface area contributed by atoms with Crippen molar-refractivity contribution in [3.8, 4) is 16.9 Å². The highest BCUT2D eigenvalue weighted by Gasteiger charge is 2.44. The van der Waals surface area contributed by atoms with Gasteiger partial charge in [0.15, 0.2) is 0 Å². The molecule has 0 aliphatic heterocycles. The second-order valence-electron chi connectivity index (χ2n) is 10.8. The molecule has 0 heterocycles. The standard InChI is InChI=1S/C32H37N3O5/c1-19-16-20(2)28(21(3)17-19)34-31(39)33-27-18-23(22-10-13-25(40-5)14-11-22)12-15-26(27)29(36)35-32(4,30(37)38)24-8-6-7-9-24/h10-18,24H,6-9H2,1-5H3,(H,35,36)(H,37,38)(H2,33,34,39)/t32-/m0/s1. The lowest BCUT2D eigenvalue weighted by Gasteiger charge is -2.32. The fraction of sp³-hybridized carbons (Fsp3) is 0.344. The maximum atomic E-state index is 13.6. The number of hydrogen-bond acceptors (Lipinski definition) is 4. The van der Waals surface area contributed by atoms with Crippen LogP contribution in [-0.2, 0) is 4.79 Å². The zero-order chi connectivity index (χ0) is 29.0. The average molecular weight is 544 g/mol. The first-order valence-electron chi connectivity index (χ1n) is 13.5. The van der Waals surface area contributed by atoms with E-state index in [9.17, 15) is 19.5 Å². The molecule has 3 aromatic rings. The van der Waals surface area contributed by atoms with Gasteiger partial charge in [-0.25, -0.2) is 9.59 Å². The predicted molar refractivity (Wildman–Crippen MR) is 157 cm³/mol. The molecule has 3 aromatic carbocycles. The van der Waals surface area contributed by atoms with Gasteiger partial charge in [0.25, 0.3) is 5.91 Å². The van der Waals surface area contributed by atoms with Crippen LogP contribution in [0.5, 0.6) is 5.75 Å². The molecule has 0 spiro atoms. The van der Waals surface area contributed by atoms with Crippen molar-refractivity contribution < 1.29 is 24.2 Å². The molecular formula is C32H37N3O5. The number of carboxylic acids is 1. The summed E-state index contributed by atoms with van der Waals surface area (Å²) in [5.74, 6) is -1.09. The number of anilines is 2. The van der Waals surface area contributed by atoms with Gasteiger partial charge in [-0.2, -0.15) is 0 Å². The Bertz CT molecular complexity index is 1400. The number of hydrogen-bond donors (Lipinski definition) is 4. The van der Waals surface area contributed by atoms with Gasteiger partial charge >= 0.3 is 12.0 Å². The molecule has 1 aliphatic carbocycles. The lowest BCUT2D eigenvalue weighted by atomic mass is 9.84. The van der Waals surface area contributed by atoms with Crippen molar-refractivity contribution in [2.75, 3.05) is 17.7 Å². The van der Waals surface area contributed by atoms with Crippen molar-refractivity contribution in [3.05, 3.63) is 76.9 Å². The highest BCUT2D eigenvalue weighted by atomic mass is 16.5. The molecule has 1 atom stereocenters. The Morgan fingerprint density at radius 1 is 0.875 bits per heavy atom. The molecule has 4 rings (SSSR count). The highest BCUT2D eigenvalue weighted by Crippen LogP contribution is 2.35. The van der Waals surface area contributed by atoms with Gasteiger partial charge in [-0.1, -0.05) is 48.7 Å². The van der Waals surface area contributed by atoms with Crippen LogP contribution in [0, 0.1) is 26.7 Å². The van der Waals surface area contributed by atoms with Crippen LogP contribution in [0.15, 0.2) is 54.6 Å². The summed E-state index contributed by atoms with van der Waals surface area (Å²) in [5, 5.41) is 18.6. The van der Waals surface area contributed by atoms with E-state index in [1.807, 2.05) is 57.2 Å². The number of rotatable bonds is 8. The topological polar surface area (TPSA) is 117 Å². The fourth-order valence-electron chi connectivity index (χ4n) is 5.59. The van der Waals surface area contributed by atoms with Crippen LogP contribution in [-0.4, -0.2) is 35.7 Å². The molecule has 3 amide bonds. The van der Waals surface area contributed by atoms with Crippen LogP contribution >= 0.6 is 0 Å². The van der Waals surface area contributed by atoms with Crippen molar-refractivity contribution in [2.45, 2.75) is 58.9 Å². The summed E-state index contributed by atoms with van der Waals surface area (Å²) < 4.78 is 5.26. The van der Waals surface area contributed by atoms with Crippen LogP contribution in [0.4, 0.5) is 16.2 Å². The normalized spacial score (nSPS) is 14.7. The molecule has 40 heavy (non-hydrogen) atoms. The number of carbonyl (C=O) groups excluding carboxylic acids is 2. The summed E-state index contributed by atoms with van der Waals surface area (Å²) in [6, 6.07) is 16.0. The number of benzene rings is 3. The highest BCUT2D eigenvalue weighted by molar-refractivity contribution is 6.08. The number of methoxy groups -OCH3 is 1. The second kappa shape index (κ2) is 11.8. The lowest BCUT2D eigenvalue weighted by molar-refractivity contribution is -0.146. The molecule has 8 heteroatoms. The van der Waals surface area contributed by atoms with Crippen molar-refractivity contribution in [3.63, 3.8) is 0 Å². The molecule has 0 bridgehead atoms. The summed E-state index contributed by atoms with van der Waals surface area (Å²) in [4.78, 5) is 39.1. The van der Waals surface area contributed by atoms with E-state index in [1.165, 1.54) is 0 Å². The number of carboxylic acid groups (broad SMARTS) is 1. The van der Waals surface area contributed by atoms with Gasteiger partial charge in [-0.3, -0.25) is 4.79 Å². The molecule has 8 nitrogen and oxygen atoms in total. The van der Waals surface area contributed by atoms with E-state index in [1.54, 1.807) is 32.2 Å². The van der Waals surface area contributed by atoms with Gasteiger partial charge in [0.05, 0.1) is 18.4 Å². The summed E-state index contributed by atoms with van der Waals surface area (Å²) in [5.41, 5.74) is 4.29. The van der Waals surface area contributed by atoms with E-state index in [0.717, 1.165) is 53.5 Å². The third kappa shape index (κ3) is 6.11. The fourth-order valence-corrected chi connectivity index (χ4v) is 5.59. The molecule has 1 fully saturated rings. The molecule has 0 saturated heterocycles. The van der Waals surface area contributed by atoms with E-state index in [0.29, 0.717) is 11.4 Å². The van der Waals surface area contributed by atoms with Crippen molar-refractivity contribution in [1.82, 2.24) is 5.32 Å². The van der Waals surface area contributed by atoms with Gasteiger partial charge < -0.3 is 25.8 Å². The Labute approximate surface area is 235 Å². The quantitative estimate of drug-likeness (QED) is 0.252. The Hall–Kier alpha value is -4.33. The van der Waals surface area contributed by atoms with Crippen molar-refractivity contribution >= 4 is 29.3 Å². The molecule has 0 radical (unpaired) electrons. The molecule has 1 saturated carbocycles. The van der Waals surface area contributed by atoms with Crippen LogP contribution < -0.4 is 20.7 Å². The number of aryl methyl sites for hydroxylation is 3. The molecule has 4 N–H and O–H groups in total. The zero-order valence-electron chi connectivity index (χ0n) is 23.7. The second-order valence-corrected chi connectivity index (χ2v) is 10.8. The van der Waals surface area contributed by atoms with Gasteiger partial charge in [0.2, 0.25) is 0 Å². The molecule has 1 aliphatic rings. The molecule has 0 unspecified atom stereocenters. The minimum atomic E-state index is -1.42. The SMILES string of the molecule is COc1ccc(-c2ccc(C(=O)N[C@](C)(C(=O)O)C3CCCC3)c(NC(=O)Nc3c(C)cc(C)cc3C)c2)cc1. The number of carbonyl (C=O) groups is 3. The first-order valence-corrected chi connectivity index (χ1v) is 13.5. The summed E-state index contributed by atoms with van der Waals surface area (Å²) in [7, 11) is 1.59. The largest absolute Gasteiger partial charge is 0.497 e. The third-order valence-electron chi connectivity index (χ3n) is 7.84. The van der Waals surface area contributed by atoms with Gasteiger partial charge in [0, 0.05) is 5.69 Å². The monoisotopic (exact) mass is 543 g/mol. The Morgan fingerprint density at radius 3 is 2.05 bits per heavy atom. The van der Waals surface area contributed by atoms with Crippen molar-refractivity contribution in [2.24, 2.45) is 5.92 Å².